The lowest BCUT2D eigenvalue weighted by molar-refractivity contribution is 0.102. The molecule has 2 aromatic rings. The highest BCUT2D eigenvalue weighted by Crippen LogP contribution is 2.28. The fourth-order valence-corrected chi connectivity index (χ4v) is 5.14. The normalized spacial score (nSPS) is 14.8. The number of carbonyl (C=O) groups excluding carboxylic acids is 1. The Balaban J connectivity index is 1.89. The summed E-state index contributed by atoms with van der Waals surface area (Å²) in [5.74, 6) is -0.179. The zero-order valence-electron chi connectivity index (χ0n) is 15.8. The lowest BCUT2D eigenvalue weighted by Gasteiger charge is -2.16. The summed E-state index contributed by atoms with van der Waals surface area (Å²) in [5.41, 5.74) is 1.80. The van der Waals surface area contributed by atoms with Crippen LogP contribution in [-0.4, -0.2) is 27.5 Å². The average molecular weight is 467 g/mol. The number of amides is 1. The maximum Gasteiger partial charge on any atom is 0.255 e. The third-order valence-corrected chi connectivity index (χ3v) is 6.88. The summed E-state index contributed by atoms with van der Waals surface area (Å²) in [5, 5.41) is 2.83. The molecule has 2 aromatic carbocycles. The molecule has 0 spiro atoms. The van der Waals surface area contributed by atoms with Gasteiger partial charge >= 0.3 is 0 Å². The van der Waals surface area contributed by atoms with Crippen molar-refractivity contribution in [1.82, 2.24) is 4.72 Å². The Hall–Kier alpha value is -1.90. The molecule has 2 N–H and O–H groups in total. The topological polar surface area (TPSA) is 84.5 Å². The van der Waals surface area contributed by atoms with E-state index in [0.29, 0.717) is 5.69 Å². The van der Waals surface area contributed by atoms with Crippen LogP contribution < -0.4 is 14.8 Å². The van der Waals surface area contributed by atoms with Crippen molar-refractivity contribution in [3.05, 3.63) is 52.0 Å². The number of anilines is 1. The number of halogens is 1. The maximum atomic E-state index is 12.9. The van der Waals surface area contributed by atoms with Crippen LogP contribution in [0.3, 0.4) is 0 Å². The quantitative estimate of drug-likeness (QED) is 0.666. The number of rotatable bonds is 6. The van der Waals surface area contributed by atoms with E-state index < -0.39 is 10.0 Å². The SMILES string of the molecule is COc1ccc(C(=O)Nc2cc(Br)ccc2C)cc1S(=O)(=O)NC1CCCC1. The fourth-order valence-electron chi connectivity index (χ4n) is 3.28. The molecule has 0 radical (unpaired) electrons. The Bertz CT molecular complexity index is 986. The van der Waals surface area contributed by atoms with Crippen molar-refractivity contribution in [1.29, 1.82) is 0 Å². The second-order valence-corrected chi connectivity index (χ2v) is 9.48. The van der Waals surface area contributed by atoms with E-state index in [-0.39, 0.29) is 28.2 Å². The zero-order chi connectivity index (χ0) is 20.3. The summed E-state index contributed by atoms with van der Waals surface area (Å²) in [6.07, 6.45) is 3.67. The van der Waals surface area contributed by atoms with E-state index in [4.69, 9.17) is 4.74 Å². The van der Waals surface area contributed by atoms with Gasteiger partial charge in [0.2, 0.25) is 10.0 Å². The zero-order valence-corrected chi connectivity index (χ0v) is 18.2. The van der Waals surface area contributed by atoms with Gasteiger partial charge in [-0.2, -0.15) is 0 Å². The van der Waals surface area contributed by atoms with Gasteiger partial charge in [-0.1, -0.05) is 34.8 Å². The molecule has 0 aliphatic heterocycles. The summed E-state index contributed by atoms with van der Waals surface area (Å²) in [4.78, 5) is 12.7. The summed E-state index contributed by atoms with van der Waals surface area (Å²) >= 11 is 3.39. The molecule has 0 unspecified atom stereocenters. The molecule has 1 aliphatic carbocycles. The van der Waals surface area contributed by atoms with Crippen LogP contribution in [0.1, 0.15) is 41.6 Å². The van der Waals surface area contributed by atoms with Gasteiger partial charge in [0.1, 0.15) is 10.6 Å². The number of hydrogen-bond donors (Lipinski definition) is 2. The first kappa shape index (κ1) is 20.8. The van der Waals surface area contributed by atoms with Crippen molar-refractivity contribution in [2.75, 3.05) is 12.4 Å². The number of benzene rings is 2. The first-order valence-electron chi connectivity index (χ1n) is 9.08. The molecular weight excluding hydrogens is 444 g/mol. The van der Waals surface area contributed by atoms with E-state index in [1.165, 1.54) is 19.2 Å². The van der Waals surface area contributed by atoms with E-state index in [9.17, 15) is 13.2 Å². The van der Waals surface area contributed by atoms with Gasteiger partial charge in [-0.3, -0.25) is 4.79 Å². The largest absolute Gasteiger partial charge is 0.495 e. The van der Waals surface area contributed by atoms with Crippen LogP contribution in [0.25, 0.3) is 0 Å². The van der Waals surface area contributed by atoms with Gasteiger partial charge in [0.05, 0.1) is 7.11 Å². The van der Waals surface area contributed by atoms with Gasteiger partial charge in [-0.25, -0.2) is 13.1 Å². The van der Waals surface area contributed by atoms with Gasteiger partial charge in [0, 0.05) is 21.8 Å². The number of carbonyl (C=O) groups is 1. The second-order valence-electron chi connectivity index (χ2n) is 6.88. The van der Waals surface area contributed by atoms with Gasteiger partial charge in [0.25, 0.3) is 5.91 Å². The molecule has 0 heterocycles. The van der Waals surface area contributed by atoms with Crippen molar-refractivity contribution >= 4 is 37.5 Å². The Kier molecular flexibility index (Phi) is 6.42. The lowest BCUT2D eigenvalue weighted by atomic mass is 10.1. The Morgan fingerprint density at radius 3 is 2.54 bits per heavy atom. The lowest BCUT2D eigenvalue weighted by Crippen LogP contribution is -2.33. The van der Waals surface area contributed by atoms with Crippen LogP contribution in [0.15, 0.2) is 45.8 Å². The molecule has 0 atom stereocenters. The summed E-state index contributed by atoms with van der Waals surface area (Å²) < 4.78 is 34.5. The molecule has 8 heteroatoms. The predicted octanol–water partition coefficient (Wildman–Crippen LogP) is 4.24. The monoisotopic (exact) mass is 466 g/mol. The van der Waals surface area contributed by atoms with Crippen molar-refractivity contribution in [3.63, 3.8) is 0 Å². The van der Waals surface area contributed by atoms with Crippen LogP contribution in [0, 0.1) is 6.92 Å². The van der Waals surface area contributed by atoms with Crippen molar-refractivity contribution in [2.24, 2.45) is 0 Å². The van der Waals surface area contributed by atoms with Crippen LogP contribution in [0.2, 0.25) is 0 Å². The smallest absolute Gasteiger partial charge is 0.255 e. The van der Waals surface area contributed by atoms with Gasteiger partial charge < -0.3 is 10.1 Å². The molecule has 1 fully saturated rings. The number of methoxy groups -OCH3 is 1. The minimum atomic E-state index is -3.79. The predicted molar refractivity (Wildman–Crippen MR) is 112 cm³/mol. The molecule has 0 bridgehead atoms. The van der Waals surface area contributed by atoms with Crippen LogP contribution in [0.5, 0.6) is 5.75 Å². The molecule has 150 valence electrons. The molecule has 28 heavy (non-hydrogen) atoms. The highest BCUT2D eigenvalue weighted by atomic mass is 79.9. The second kappa shape index (κ2) is 8.63. The first-order chi connectivity index (χ1) is 13.3. The molecule has 0 saturated heterocycles. The molecule has 0 aromatic heterocycles. The third kappa shape index (κ3) is 4.74. The molecule has 1 saturated carbocycles. The van der Waals surface area contributed by atoms with Crippen molar-refractivity contribution in [2.45, 2.75) is 43.5 Å². The van der Waals surface area contributed by atoms with Crippen LogP contribution in [0.4, 0.5) is 5.69 Å². The highest BCUT2D eigenvalue weighted by Gasteiger charge is 2.26. The Morgan fingerprint density at radius 2 is 1.86 bits per heavy atom. The number of nitrogens with one attached hydrogen (secondary N) is 2. The third-order valence-electron chi connectivity index (χ3n) is 4.84. The molecule has 3 rings (SSSR count). The molecule has 1 amide bonds. The van der Waals surface area contributed by atoms with Crippen LogP contribution >= 0.6 is 15.9 Å². The number of aryl methyl sites for hydroxylation is 1. The highest BCUT2D eigenvalue weighted by molar-refractivity contribution is 9.10. The van der Waals surface area contributed by atoms with Gasteiger partial charge in [0.15, 0.2) is 0 Å². The minimum Gasteiger partial charge on any atom is -0.495 e. The Morgan fingerprint density at radius 1 is 1.14 bits per heavy atom. The standard InChI is InChI=1S/C20H23BrN2O4S/c1-13-7-9-15(21)12-17(13)22-20(24)14-8-10-18(27-2)19(11-14)28(25,26)23-16-5-3-4-6-16/h7-12,16,23H,3-6H2,1-2H3,(H,22,24). The van der Waals surface area contributed by atoms with Gasteiger partial charge in [-0.05, 0) is 55.7 Å². The minimum absolute atomic E-state index is 0.0273. The van der Waals surface area contributed by atoms with Gasteiger partial charge in [-0.15, -0.1) is 0 Å². The molecular formula is C20H23BrN2O4S. The van der Waals surface area contributed by atoms with Crippen LogP contribution in [-0.2, 0) is 10.0 Å². The fraction of sp³-hybridized carbons (Fsp3) is 0.350. The summed E-state index contributed by atoms with van der Waals surface area (Å²) in [7, 11) is -2.38. The van der Waals surface area contributed by atoms with E-state index in [0.717, 1.165) is 35.7 Å². The van der Waals surface area contributed by atoms with E-state index in [2.05, 4.69) is 26.0 Å². The van der Waals surface area contributed by atoms with Crippen molar-refractivity contribution in [3.8, 4) is 5.75 Å². The average Bonchev–Trinajstić information content (AvgIpc) is 3.16. The van der Waals surface area contributed by atoms with E-state index in [1.807, 2.05) is 19.1 Å². The number of sulfonamides is 1. The number of hydrogen-bond acceptors (Lipinski definition) is 4. The Labute approximate surface area is 173 Å². The van der Waals surface area contributed by atoms with E-state index >= 15 is 0 Å². The first-order valence-corrected chi connectivity index (χ1v) is 11.4. The molecule has 6 nitrogen and oxygen atoms in total. The van der Waals surface area contributed by atoms with E-state index in [1.54, 1.807) is 12.1 Å². The van der Waals surface area contributed by atoms with Crippen molar-refractivity contribution < 1.29 is 17.9 Å². The summed E-state index contributed by atoms with van der Waals surface area (Å²) in [6.45, 7) is 1.89. The maximum absolute atomic E-state index is 12.9. The molecule has 1 aliphatic rings. The number of ether oxygens (including phenoxy) is 1. The summed E-state index contributed by atoms with van der Waals surface area (Å²) in [6, 6.07) is 9.92.